The molecule has 1 saturated heterocycles. The molecule has 1 unspecified atom stereocenters. The molecular formula is C13H19NO. The number of rotatable bonds is 4. The smallest absolute Gasteiger partial charge is 0.119 e. The lowest BCUT2D eigenvalue weighted by molar-refractivity contribution is -0.0709. The van der Waals surface area contributed by atoms with Crippen molar-refractivity contribution in [3.63, 3.8) is 0 Å². The van der Waals surface area contributed by atoms with E-state index in [1.807, 2.05) is 6.07 Å². The van der Waals surface area contributed by atoms with Crippen LogP contribution in [-0.4, -0.2) is 12.3 Å². The lowest BCUT2D eigenvalue weighted by Crippen LogP contribution is -2.41. The van der Waals surface area contributed by atoms with Crippen LogP contribution in [0.5, 0.6) is 0 Å². The van der Waals surface area contributed by atoms with E-state index >= 15 is 0 Å². The molecule has 0 spiro atoms. The summed E-state index contributed by atoms with van der Waals surface area (Å²) in [5.74, 6) is 0. The Morgan fingerprint density at radius 3 is 2.73 bits per heavy atom. The van der Waals surface area contributed by atoms with Crippen molar-refractivity contribution in [1.29, 1.82) is 0 Å². The minimum absolute atomic E-state index is 0.0597. The zero-order valence-corrected chi connectivity index (χ0v) is 9.33. The van der Waals surface area contributed by atoms with E-state index in [0.29, 0.717) is 6.61 Å². The van der Waals surface area contributed by atoms with Crippen LogP contribution in [0, 0.1) is 0 Å². The fourth-order valence-electron chi connectivity index (χ4n) is 2.10. The van der Waals surface area contributed by atoms with E-state index < -0.39 is 0 Å². The molecule has 1 aliphatic heterocycles. The summed E-state index contributed by atoms with van der Waals surface area (Å²) in [5, 5.41) is 3.47. The summed E-state index contributed by atoms with van der Waals surface area (Å²) < 4.78 is 6.01. The molecule has 1 N–H and O–H groups in total. The molecule has 15 heavy (non-hydrogen) atoms. The monoisotopic (exact) mass is 205 g/mol. The van der Waals surface area contributed by atoms with Gasteiger partial charge in [-0.3, -0.25) is 5.32 Å². The average Bonchev–Trinajstić information content (AvgIpc) is 2.77. The summed E-state index contributed by atoms with van der Waals surface area (Å²) in [6.45, 7) is 3.98. The quantitative estimate of drug-likeness (QED) is 0.816. The van der Waals surface area contributed by atoms with E-state index in [0.717, 1.165) is 19.4 Å². The van der Waals surface area contributed by atoms with Crippen LogP contribution < -0.4 is 5.32 Å². The van der Waals surface area contributed by atoms with Gasteiger partial charge in [-0.1, -0.05) is 37.3 Å². The molecule has 0 aliphatic carbocycles. The highest BCUT2D eigenvalue weighted by Crippen LogP contribution is 2.25. The van der Waals surface area contributed by atoms with Gasteiger partial charge in [0.2, 0.25) is 0 Å². The molecule has 0 bridgehead atoms. The molecule has 1 aliphatic rings. The molecule has 1 aromatic carbocycles. The van der Waals surface area contributed by atoms with Crippen LogP contribution >= 0.6 is 0 Å². The van der Waals surface area contributed by atoms with Crippen LogP contribution in [0.4, 0.5) is 0 Å². The fraction of sp³-hybridized carbons (Fsp3) is 0.538. The standard InChI is InChI=1S/C13H19NO/c1-2-13(9-6-10-14-13)15-11-12-7-4-3-5-8-12/h3-5,7-8,14H,2,6,9-11H2,1H3. The Labute approximate surface area is 91.6 Å². The first kappa shape index (κ1) is 10.7. The second-order valence-electron chi connectivity index (χ2n) is 4.15. The Balaban J connectivity index is 1.92. The number of hydrogen-bond donors (Lipinski definition) is 1. The first-order valence-corrected chi connectivity index (χ1v) is 5.77. The van der Waals surface area contributed by atoms with Gasteiger partial charge in [0.05, 0.1) is 6.61 Å². The van der Waals surface area contributed by atoms with Crippen LogP contribution in [-0.2, 0) is 11.3 Å². The lowest BCUT2D eigenvalue weighted by Gasteiger charge is -2.28. The molecule has 1 fully saturated rings. The zero-order valence-electron chi connectivity index (χ0n) is 9.33. The van der Waals surface area contributed by atoms with Gasteiger partial charge in [-0.15, -0.1) is 0 Å². The van der Waals surface area contributed by atoms with Gasteiger partial charge >= 0.3 is 0 Å². The Morgan fingerprint density at radius 2 is 2.13 bits per heavy atom. The normalized spacial score (nSPS) is 25.7. The molecular weight excluding hydrogens is 186 g/mol. The van der Waals surface area contributed by atoms with Crippen molar-refractivity contribution in [3.8, 4) is 0 Å². The maximum atomic E-state index is 6.01. The minimum Gasteiger partial charge on any atom is -0.356 e. The van der Waals surface area contributed by atoms with Crippen molar-refractivity contribution in [2.45, 2.75) is 38.5 Å². The Hall–Kier alpha value is -0.860. The number of ether oxygens (including phenoxy) is 1. The van der Waals surface area contributed by atoms with E-state index in [4.69, 9.17) is 4.74 Å². The van der Waals surface area contributed by atoms with Gasteiger partial charge in [-0.25, -0.2) is 0 Å². The third-order valence-electron chi connectivity index (χ3n) is 3.13. The number of nitrogens with one attached hydrogen (secondary N) is 1. The summed E-state index contributed by atoms with van der Waals surface area (Å²) in [5.41, 5.74) is 1.19. The van der Waals surface area contributed by atoms with Gasteiger partial charge in [0.1, 0.15) is 5.72 Å². The second-order valence-corrected chi connectivity index (χ2v) is 4.15. The predicted octanol–water partition coefficient (Wildman–Crippen LogP) is 2.69. The van der Waals surface area contributed by atoms with E-state index in [-0.39, 0.29) is 5.72 Å². The molecule has 0 saturated carbocycles. The first-order chi connectivity index (χ1) is 7.35. The summed E-state index contributed by atoms with van der Waals surface area (Å²) in [6.07, 6.45) is 3.40. The van der Waals surface area contributed by atoms with Crippen LogP contribution in [0.15, 0.2) is 30.3 Å². The van der Waals surface area contributed by atoms with E-state index in [1.165, 1.54) is 12.0 Å². The third kappa shape index (κ3) is 2.58. The summed E-state index contributed by atoms with van der Waals surface area (Å²) in [6, 6.07) is 10.4. The Kier molecular flexibility index (Phi) is 3.39. The predicted molar refractivity (Wildman–Crippen MR) is 61.5 cm³/mol. The maximum absolute atomic E-state index is 6.01. The van der Waals surface area contributed by atoms with Crippen molar-refractivity contribution < 1.29 is 4.74 Å². The second kappa shape index (κ2) is 4.77. The van der Waals surface area contributed by atoms with E-state index in [2.05, 4.69) is 36.5 Å². The number of benzene rings is 1. The minimum atomic E-state index is -0.0597. The van der Waals surface area contributed by atoms with Crippen LogP contribution in [0.3, 0.4) is 0 Å². The van der Waals surface area contributed by atoms with E-state index in [9.17, 15) is 0 Å². The fourth-order valence-corrected chi connectivity index (χ4v) is 2.10. The number of hydrogen-bond acceptors (Lipinski definition) is 2. The van der Waals surface area contributed by atoms with Gasteiger partial charge in [0.15, 0.2) is 0 Å². The molecule has 2 rings (SSSR count). The van der Waals surface area contributed by atoms with Gasteiger partial charge in [0.25, 0.3) is 0 Å². The highest BCUT2D eigenvalue weighted by molar-refractivity contribution is 5.13. The topological polar surface area (TPSA) is 21.3 Å². The SMILES string of the molecule is CCC1(OCc2ccccc2)CCCN1. The van der Waals surface area contributed by atoms with Crippen molar-refractivity contribution in [1.82, 2.24) is 5.32 Å². The van der Waals surface area contributed by atoms with Gasteiger partial charge in [0, 0.05) is 0 Å². The van der Waals surface area contributed by atoms with Gasteiger partial charge in [-0.2, -0.15) is 0 Å². The van der Waals surface area contributed by atoms with Crippen molar-refractivity contribution in [3.05, 3.63) is 35.9 Å². The molecule has 1 heterocycles. The first-order valence-electron chi connectivity index (χ1n) is 5.77. The van der Waals surface area contributed by atoms with Crippen molar-refractivity contribution >= 4 is 0 Å². The van der Waals surface area contributed by atoms with Crippen molar-refractivity contribution in [2.24, 2.45) is 0 Å². The molecule has 1 atom stereocenters. The van der Waals surface area contributed by atoms with E-state index in [1.54, 1.807) is 0 Å². The van der Waals surface area contributed by atoms with Crippen molar-refractivity contribution in [2.75, 3.05) is 6.54 Å². The van der Waals surface area contributed by atoms with Crippen LogP contribution in [0.25, 0.3) is 0 Å². The summed E-state index contributed by atoms with van der Waals surface area (Å²) >= 11 is 0. The molecule has 82 valence electrons. The zero-order chi connectivity index (χ0) is 10.6. The molecule has 0 aromatic heterocycles. The molecule has 0 amide bonds. The Morgan fingerprint density at radius 1 is 1.33 bits per heavy atom. The molecule has 2 nitrogen and oxygen atoms in total. The maximum Gasteiger partial charge on any atom is 0.119 e. The van der Waals surface area contributed by atoms with Crippen LogP contribution in [0.2, 0.25) is 0 Å². The van der Waals surface area contributed by atoms with Gasteiger partial charge in [-0.05, 0) is 31.4 Å². The largest absolute Gasteiger partial charge is 0.356 e. The molecule has 1 aromatic rings. The molecule has 0 radical (unpaired) electrons. The summed E-state index contributed by atoms with van der Waals surface area (Å²) in [7, 11) is 0. The molecule has 2 heteroatoms. The highest BCUT2D eigenvalue weighted by atomic mass is 16.5. The summed E-state index contributed by atoms with van der Waals surface area (Å²) in [4.78, 5) is 0. The average molecular weight is 205 g/mol. The van der Waals surface area contributed by atoms with Gasteiger partial charge < -0.3 is 4.74 Å². The third-order valence-corrected chi connectivity index (χ3v) is 3.13. The highest BCUT2D eigenvalue weighted by Gasteiger charge is 2.32. The Bertz CT molecular complexity index is 291. The lowest BCUT2D eigenvalue weighted by atomic mass is 10.1. The van der Waals surface area contributed by atoms with Crippen LogP contribution in [0.1, 0.15) is 31.7 Å².